The number of hydrogen-bond donors (Lipinski definition) is 4. The van der Waals surface area contributed by atoms with Crippen LogP contribution in [0.15, 0.2) is 68.6 Å². The van der Waals surface area contributed by atoms with E-state index >= 15 is 0 Å². The minimum absolute atomic E-state index is 0.0667. The van der Waals surface area contributed by atoms with E-state index in [1.165, 1.54) is 12.1 Å². The highest BCUT2D eigenvalue weighted by Gasteiger charge is 2.23. The largest absolute Gasteiger partial charge is 0.505 e. The molecule has 3 rings (SSSR count). The van der Waals surface area contributed by atoms with Gasteiger partial charge in [0.15, 0.2) is 5.75 Å². The summed E-state index contributed by atoms with van der Waals surface area (Å²) in [6.45, 7) is 0. The summed E-state index contributed by atoms with van der Waals surface area (Å²) in [7, 11) is -4.75. The number of fused-ring (bicyclic) bond motifs is 1. The number of phenolic OH excluding ortho intramolecular Hbond substituents is 1. The highest BCUT2D eigenvalue weighted by molar-refractivity contribution is 7.94. The Hall–Kier alpha value is -2.74. The Morgan fingerprint density at radius 1 is 1.07 bits per heavy atom. The number of phenols is 1. The third-order valence-electron chi connectivity index (χ3n) is 3.61. The lowest BCUT2D eigenvalue weighted by atomic mass is 10.1. The number of rotatable bonds is 6. The van der Waals surface area contributed by atoms with Gasteiger partial charge in [0.05, 0.1) is 17.7 Å². The molecule has 0 aliphatic heterocycles. The zero-order valence-corrected chi connectivity index (χ0v) is 15.5. The molecule has 146 valence electrons. The van der Waals surface area contributed by atoms with Crippen molar-refractivity contribution in [2.75, 3.05) is 5.73 Å². The van der Waals surface area contributed by atoms with Gasteiger partial charge in [-0.2, -0.15) is 13.5 Å². The summed E-state index contributed by atoms with van der Waals surface area (Å²) in [5.41, 5.74) is 5.96. The maximum Gasteiger partial charge on any atom is 0.296 e. The molecular formula is C16H13N3O7S2. The fourth-order valence-electron chi connectivity index (χ4n) is 2.49. The molecule has 3 aromatic rings. The second-order valence-electron chi connectivity index (χ2n) is 5.42. The van der Waals surface area contributed by atoms with E-state index in [4.69, 9.17) is 11.0 Å². The van der Waals surface area contributed by atoms with Crippen LogP contribution in [0.2, 0.25) is 0 Å². The summed E-state index contributed by atoms with van der Waals surface area (Å²) >= 11 is 0.593. The fraction of sp³-hybridized carbons (Fsp3) is 0. The lowest BCUT2D eigenvalue weighted by Crippen LogP contribution is -2.00. The van der Waals surface area contributed by atoms with Crippen LogP contribution in [0.1, 0.15) is 0 Å². The maximum atomic E-state index is 11.8. The van der Waals surface area contributed by atoms with E-state index in [2.05, 4.69) is 19.6 Å². The topological polar surface area (TPSA) is 164 Å². The van der Waals surface area contributed by atoms with E-state index in [0.29, 0.717) is 22.6 Å². The summed E-state index contributed by atoms with van der Waals surface area (Å²) in [6.07, 6.45) is 0. The van der Waals surface area contributed by atoms with Gasteiger partial charge in [-0.25, -0.2) is 5.26 Å². The van der Waals surface area contributed by atoms with Gasteiger partial charge >= 0.3 is 0 Å². The molecule has 0 saturated carbocycles. The molecule has 3 aromatic carbocycles. The lowest BCUT2D eigenvalue weighted by molar-refractivity contribution is -0.432. The molecule has 5 N–H and O–H groups in total. The number of nitrogens with two attached hydrogens (primary N) is 1. The molecule has 28 heavy (non-hydrogen) atoms. The molecule has 12 heteroatoms. The summed E-state index contributed by atoms with van der Waals surface area (Å²) in [5, 5.41) is 30.3. The van der Waals surface area contributed by atoms with Crippen LogP contribution in [0.3, 0.4) is 0 Å². The molecule has 0 aliphatic carbocycles. The molecule has 0 aromatic heterocycles. The third kappa shape index (κ3) is 4.22. The number of benzene rings is 3. The summed E-state index contributed by atoms with van der Waals surface area (Å²) in [5.74, 6) is -0.571. The number of nitrogens with zero attached hydrogens (tertiary/aromatic N) is 2. The van der Waals surface area contributed by atoms with Gasteiger partial charge in [0.1, 0.15) is 10.6 Å². The SMILES string of the molecule is Nc1cc(SOOO)cc2cc(S(=O)(=O)O)c(N=Nc3ccccc3)c(O)c12. The van der Waals surface area contributed by atoms with Crippen LogP contribution in [0, 0.1) is 0 Å². The van der Waals surface area contributed by atoms with Crippen LogP contribution in [-0.2, 0) is 19.5 Å². The monoisotopic (exact) mass is 423 g/mol. The van der Waals surface area contributed by atoms with E-state index in [9.17, 15) is 18.1 Å². The van der Waals surface area contributed by atoms with E-state index in [0.717, 1.165) is 6.07 Å². The second-order valence-corrected chi connectivity index (χ2v) is 7.58. The Labute approximate surface area is 163 Å². The van der Waals surface area contributed by atoms with Gasteiger partial charge in [-0.05, 0) is 35.7 Å². The van der Waals surface area contributed by atoms with Crippen LogP contribution >= 0.6 is 12.0 Å². The Bertz CT molecular complexity index is 1150. The molecule has 10 nitrogen and oxygen atoms in total. The summed E-state index contributed by atoms with van der Waals surface area (Å²) < 4.78 is 37.6. The van der Waals surface area contributed by atoms with Crippen LogP contribution in [0.25, 0.3) is 10.8 Å². The first-order chi connectivity index (χ1) is 13.3. The molecular weight excluding hydrogens is 410 g/mol. The standard InChI is InChI=1S/C16H13N3O7S2/c17-12-8-11(27-26-25-21)6-9-7-13(28(22,23)24)15(16(20)14(9)12)19-18-10-4-2-1-3-5-10/h1-8,20-21H,17H2,(H,22,23,24). The van der Waals surface area contributed by atoms with Crippen molar-refractivity contribution in [3.8, 4) is 5.75 Å². The Morgan fingerprint density at radius 2 is 1.79 bits per heavy atom. The van der Waals surface area contributed by atoms with Crippen molar-refractivity contribution in [2.45, 2.75) is 9.79 Å². The maximum absolute atomic E-state index is 11.8. The number of aromatic hydroxyl groups is 1. The molecule has 0 saturated heterocycles. The number of azo groups is 1. The minimum atomic E-state index is -4.75. The summed E-state index contributed by atoms with van der Waals surface area (Å²) in [4.78, 5) is -0.323. The molecule has 0 bridgehead atoms. The number of anilines is 1. The van der Waals surface area contributed by atoms with Crippen LogP contribution in [0.5, 0.6) is 5.75 Å². The van der Waals surface area contributed by atoms with Crippen molar-refractivity contribution >= 4 is 50.0 Å². The van der Waals surface area contributed by atoms with E-state index in [1.807, 2.05) is 0 Å². The van der Waals surface area contributed by atoms with Crippen molar-refractivity contribution in [3.63, 3.8) is 0 Å². The number of hydrogen-bond acceptors (Lipinski definition) is 10. The van der Waals surface area contributed by atoms with Gasteiger partial charge in [0, 0.05) is 16.0 Å². The average Bonchev–Trinajstić information content (AvgIpc) is 2.65. The van der Waals surface area contributed by atoms with Gasteiger partial charge in [-0.1, -0.05) is 23.2 Å². The highest BCUT2D eigenvalue weighted by atomic mass is 32.2. The van der Waals surface area contributed by atoms with E-state index in [-0.39, 0.29) is 16.5 Å². The molecule has 0 heterocycles. The first-order valence-corrected chi connectivity index (χ1v) is 9.67. The molecule has 0 radical (unpaired) electrons. The molecule has 0 amide bonds. The molecule has 0 spiro atoms. The van der Waals surface area contributed by atoms with Gasteiger partial charge in [-0.3, -0.25) is 4.55 Å². The minimum Gasteiger partial charge on any atom is -0.505 e. The first kappa shape index (κ1) is 20.0. The molecule has 0 fully saturated rings. The number of nitrogen functional groups attached to an aromatic ring is 1. The summed E-state index contributed by atoms with van der Waals surface area (Å²) in [6, 6.07) is 12.3. The van der Waals surface area contributed by atoms with Crippen LogP contribution in [0.4, 0.5) is 17.1 Å². The highest BCUT2D eigenvalue weighted by Crippen LogP contribution is 2.44. The predicted octanol–water partition coefficient (Wildman–Crippen LogP) is 4.22. The smallest absolute Gasteiger partial charge is 0.296 e. The quantitative estimate of drug-likeness (QED) is 0.113. The van der Waals surface area contributed by atoms with E-state index in [1.54, 1.807) is 30.3 Å². The van der Waals surface area contributed by atoms with Crippen molar-refractivity contribution in [1.82, 2.24) is 0 Å². The van der Waals surface area contributed by atoms with Crippen LogP contribution < -0.4 is 5.73 Å². The predicted molar refractivity (Wildman–Crippen MR) is 101 cm³/mol. The Balaban J connectivity index is 2.23. The van der Waals surface area contributed by atoms with Gasteiger partial charge in [0.2, 0.25) is 0 Å². The van der Waals surface area contributed by atoms with Crippen LogP contribution in [-0.4, -0.2) is 23.3 Å². The van der Waals surface area contributed by atoms with E-state index < -0.39 is 26.5 Å². The normalized spacial score (nSPS) is 12.1. The zero-order valence-electron chi connectivity index (χ0n) is 13.9. The zero-order chi connectivity index (χ0) is 20.3. The van der Waals surface area contributed by atoms with Crippen molar-refractivity contribution in [1.29, 1.82) is 0 Å². The third-order valence-corrected chi connectivity index (χ3v) is 5.04. The molecule has 0 unspecified atom stereocenters. The second kappa shape index (κ2) is 8.10. The van der Waals surface area contributed by atoms with Crippen molar-refractivity contribution < 1.29 is 32.7 Å². The lowest BCUT2D eigenvalue weighted by Gasteiger charge is -2.12. The average molecular weight is 423 g/mol. The fourth-order valence-corrected chi connectivity index (χ4v) is 3.61. The van der Waals surface area contributed by atoms with Crippen molar-refractivity contribution in [2.24, 2.45) is 10.2 Å². The van der Waals surface area contributed by atoms with Gasteiger partial charge in [-0.15, -0.1) is 9.45 Å². The first-order valence-electron chi connectivity index (χ1n) is 7.49. The molecule has 0 aliphatic rings. The Kier molecular flexibility index (Phi) is 5.79. The van der Waals surface area contributed by atoms with Gasteiger partial charge < -0.3 is 10.8 Å². The van der Waals surface area contributed by atoms with Gasteiger partial charge in [0.25, 0.3) is 10.1 Å². The Morgan fingerprint density at radius 3 is 2.43 bits per heavy atom. The van der Waals surface area contributed by atoms with Crippen molar-refractivity contribution in [3.05, 3.63) is 48.5 Å². The molecule has 0 atom stereocenters.